The lowest BCUT2D eigenvalue weighted by atomic mass is 10.0. The molecule has 2 aromatic rings. The van der Waals surface area contributed by atoms with Gasteiger partial charge in [-0.05, 0) is 40.8 Å². The normalized spacial score (nSPS) is 10.1. The molecule has 0 aliphatic heterocycles. The van der Waals surface area contributed by atoms with Crippen molar-refractivity contribution >= 4 is 40.0 Å². The molecule has 0 aliphatic rings. The Morgan fingerprint density at radius 1 is 1.06 bits per heavy atom. The molecular formula is C13H8ClIO. The molecule has 0 bridgehead atoms. The van der Waals surface area contributed by atoms with Gasteiger partial charge in [-0.1, -0.05) is 41.9 Å². The van der Waals surface area contributed by atoms with E-state index in [1.165, 1.54) is 0 Å². The molecule has 16 heavy (non-hydrogen) atoms. The van der Waals surface area contributed by atoms with Gasteiger partial charge in [0, 0.05) is 19.7 Å². The topological polar surface area (TPSA) is 17.1 Å². The molecule has 0 unspecified atom stereocenters. The van der Waals surface area contributed by atoms with E-state index < -0.39 is 0 Å². The van der Waals surface area contributed by atoms with Gasteiger partial charge in [0.1, 0.15) is 0 Å². The smallest absolute Gasteiger partial charge is 0.194 e. The van der Waals surface area contributed by atoms with Gasteiger partial charge in [-0.2, -0.15) is 0 Å². The van der Waals surface area contributed by atoms with E-state index in [0.29, 0.717) is 16.1 Å². The molecule has 80 valence electrons. The van der Waals surface area contributed by atoms with E-state index in [0.717, 1.165) is 3.57 Å². The van der Waals surface area contributed by atoms with Crippen LogP contribution < -0.4 is 0 Å². The minimum atomic E-state index is 0.0293. The molecule has 2 aromatic carbocycles. The minimum absolute atomic E-state index is 0.0293. The summed E-state index contributed by atoms with van der Waals surface area (Å²) in [5.74, 6) is 0.0293. The van der Waals surface area contributed by atoms with Crippen molar-refractivity contribution in [2.75, 3.05) is 0 Å². The highest BCUT2D eigenvalue weighted by molar-refractivity contribution is 14.1. The van der Waals surface area contributed by atoms with E-state index in [1.807, 2.05) is 30.3 Å². The highest BCUT2D eigenvalue weighted by atomic mass is 127. The molecule has 0 spiro atoms. The molecule has 3 heteroatoms. The summed E-state index contributed by atoms with van der Waals surface area (Å²) in [6.07, 6.45) is 0. The van der Waals surface area contributed by atoms with E-state index in [4.69, 9.17) is 11.6 Å². The molecular weight excluding hydrogens is 334 g/mol. The minimum Gasteiger partial charge on any atom is -0.289 e. The average Bonchev–Trinajstić information content (AvgIpc) is 2.29. The summed E-state index contributed by atoms with van der Waals surface area (Å²) in [5.41, 5.74) is 1.39. The first-order chi connectivity index (χ1) is 7.68. The van der Waals surface area contributed by atoms with Crippen LogP contribution in [-0.2, 0) is 0 Å². The summed E-state index contributed by atoms with van der Waals surface area (Å²) >= 11 is 7.97. The van der Waals surface area contributed by atoms with Gasteiger partial charge in [0.05, 0.1) is 0 Å². The maximum atomic E-state index is 12.1. The van der Waals surface area contributed by atoms with Gasteiger partial charge in [-0.3, -0.25) is 4.79 Å². The van der Waals surface area contributed by atoms with Crippen molar-refractivity contribution in [3.05, 3.63) is 68.3 Å². The largest absolute Gasteiger partial charge is 0.289 e. The monoisotopic (exact) mass is 342 g/mol. The van der Waals surface area contributed by atoms with Gasteiger partial charge in [-0.15, -0.1) is 0 Å². The fourth-order valence-electron chi connectivity index (χ4n) is 1.42. The number of carbonyl (C=O) groups excluding carboxylic acids is 1. The number of carbonyl (C=O) groups is 1. The van der Waals surface area contributed by atoms with E-state index in [1.54, 1.807) is 18.2 Å². The Balaban J connectivity index is 2.42. The van der Waals surface area contributed by atoms with Crippen molar-refractivity contribution in [1.29, 1.82) is 0 Å². The van der Waals surface area contributed by atoms with Crippen molar-refractivity contribution in [1.82, 2.24) is 0 Å². The van der Waals surface area contributed by atoms with Crippen LogP contribution in [0.4, 0.5) is 0 Å². The van der Waals surface area contributed by atoms with E-state index in [2.05, 4.69) is 22.6 Å². The van der Waals surface area contributed by atoms with Gasteiger partial charge in [0.25, 0.3) is 0 Å². The SMILES string of the molecule is O=C(c1ccccc1)c1ccc(Cl)cc1I. The van der Waals surface area contributed by atoms with Crippen molar-refractivity contribution in [3.8, 4) is 0 Å². The summed E-state index contributed by atoms with van der Waals surface area (Å²) in [6, 6.07) is 14.5. The first-order valence-corrected chi connectivity index (χ1v) is 6.19. The zero-order valence-electron chi connectivity index (χ0n) is 8.28. The van der Waals surface area contributed by atoms with Crippen LogP contribution in [0.1, 0.15) is 15.9 Å². The van der Waals surface area contributed by atoms with Crippen LogP contribution >= 0.6 is 34.2 Å². The number of hydrogen-bond donors (Lipinski definition) is 0. The third-order valence-electron chi connectivity index (χ3n) is 2.21. The average molecular weight is 343 g/mol. The van der Waals surface area contributed by atoms with Crippen molar-refractivity contribution in [2.45, 2.75) is 0 Å². The zero-order chi connectivity index (χ0) is 11.5. The first kappa shape index (κ1) is 11.6. The fourth-order valence-corrected chi connectivity index (χ4v) is 2.54. The lowest BCUT2D eigenvalue weighted by molar-refractivity contribution is 0.103. The first-order valence-electron chi connectivity index (χ1n) is 4.73. The summed E-state index contributed by atoms with van der Waals surface area (Å²) in [6.45, 7) is 0. The molecule has 0 saturated heterocycles. The van der Waals surface area contributed by atoms with Crippen LogP contribution in [-0.4, -0.2) is 5.78 Å². The lowest BCUT2D eigenvalue weighted by Crippen LogP contribution is -2.03. The van der Waals surface area contributed by atoms with Crippen LogP contribution in [0.15, 0.2) is 48.5 Å². The molecule has 1 nitrogen and oxygen atoms in total. The maximum absolute atomic E-state index is 12.1. The van der Waals surface area contributed by atoms with Crippen LogP contribution in [0, 0.1) is 3.57 Å². The summed E-state index contributed by atoms with van der Waals surface area (Å²) < 4.78 is 0.874. The van der Waals surface area contributed by atoms with Gasteiger partial charge < -0.3 is 0 Å². The number of benzene rings is 2. The standard InChI is InChI=1S/C13H8ClIO/c14-10-6-7-11(12(15)8-10)13(16)9-4-2-1-3-5-9/h1-8H. The second-order valence-electron chi connectivity index (χ2n) is 3.32. The lowest BCUT2D eigenvalue weighted by Gasteiger charge is -2.04. The Morgan fingerprint density at radius 2 is 1.75 bits per heavy atom. The summed E-state index contributed by atoms with van der Waals surface area (Å²) in [4.78, 5) is 12.1. The molecule has 0 aliphatic carbocycles. The second kappa shape index (κ2) is 4.97. The maximum Gasteiger partial charge on any atom is 0.194 e. The highest BCUT2D eigenvalue weighted by Crippen LogP contribution is 2.20. The molecule has 0 heterocycles. The van der Waals surface area contributed by atoms with E-state index in [9.17, 15) is 4.79 Å². The van der Waals surface area contributed by atoms with E-state index >= 15 is 0 Å². The number of halogens is 2. The molecule has 0 atom stereocenters. The molecule has 0 N–H and O–H groups in total. The number of ketones is 1. The van der Waals surface area contributed by atoms with Gasteiger partial charge >= 0.3 is 0 Å². The van der Waals surface area contributed by atoms with Crippen LogP contribution in [0.25, 0.3) is 0 Å². The zero-order valence-corrected chi connectivity index (χ0v) is 11.2. The van der Waals surface area contributed by atoms with Crippen LogP contribution in [0.2, 0.25) is 5.02 Å². The summed E-state index contributed by atoms with van der Waals surface area (Å²) in [7, 11) is 0. The predicted octanol–water partition coefficient (Wildman–Crippen LogP) is 4.18. The number of rotatable bonds is 2. The predicted molar refractivity (Wildman–Crippen MR) is 74.0 cm³/mol. The Hall–Kier alpha value is -0.870. The van der Waals surface area contributed by atoms with Gasteiger partial charge in [0.2, 0.25) is 0 Å². The Bertz CT molecular complexity index is 523. The molecule has 0 radical (unpaired) electrons. The Morgan fingerprint density at radius 3 is 2.38 bits per heavy atom. The van der Waals surface area contributed by atoms with E-state index in [-0.39, 0.29) is 5.78 Å². The van der Waals surface area contributed by atoms with Crippen molar-refractivity contribution in [3.63, 3.8) is 0 Å². The molecule has 0 fully saturated rings. The van der Waals surface area contributed by atoms with Crippen LogP contribution in [0.5, 0.6) is 0 Å². The fraction of sp³-hybridized carbons (Fsp3) is 0. The Kier molecular flexibility index (Phi) is 3.61. The molecule has 0 amide bonds. The molecule has 2 rings (SSSR count). The highest BCUT2D eigenvalue weighted by Gasteiger charge is 2.11. The van der Waals surface area contributed by atoms with Crippen molar-refractivity contribution < 1.29 is 4.79 Å². The molecule has 0 aromatic heterocycles. The van der Waals surface area contributed by atoms with Gasteiger partial charge in [-0.25, -0.2) is 0 Å². The quantitative estimate of drug-likeness (QED) is 0.591. The third kappa shape index (κ3) is 2.44. The van der Waals surface area contributed by atoms with Crippen molar-refractivity contribution in [2.24, 2.45) is 0 Å². The number of hydrogen-bond acceptors (Lipinski definition) is 1. The second-order valence-corrected chi connectivity index (χ2v) is 4.92. The third-order valence-corrected chi connectivity index (χ3v) is 3.34. The van der Waals surface area contributed by atoms with Crippen LogP contribution in [0.3, 0.4) is 0 Å². The summed E-state index contributed by atoms with van der Waals surface area (Å²) in [5, 5.41) is 0.647. The van der Waals surface area contributed by atoms with Gasteiger partial charge in [0.15, 0.2) is 5.78 Å². The molecule has 0 saturated carbocycles. The Labute approximate surface area is 113 Å².